The smallest absolute Gasteiger partial charge is 0.329 e. The predicted molar refractivity (Wildman–Crippen MR) is 74.0 cm³/mol. The summed E-state index contributed by atoms with van der Waals surface area (Å²) < 4.78 is 0. The molecule has 0 saturated heterocycles. The van der Waals surface area contributed by atoms with Gasteiger partial charge in [0.1, 0.15) is 5.54 Å². The molecule has 0 spiro atoms. The number of hydrogen-bond donors (Lipinski definition) is 3. The molecule has 1 atom stereocenters. The van der Waals surface area contributed by atoms with Crippen molar-refractivity contribution in [3.8, 4) is 0 Å². The van der Waals surface area contributed by atoms with Gasteiger partial charge in [-0.25, -0.2) is 9.59 Å². The topological polar surface area (TPSA) is 78.4 Å². The molecule has 0 aromatic heterocycles. The zero-order valence-electron chi connectivity index (χ0n) is 12.4. The van der Waals surface area contributed by atoms with Crippen LogP contribution in [0.3, 0.4) is 0 Å². The molecule has 0 aromatic rings. The summed E-state index contributed by atoms with van der Waals surface area (Å²) in [6.45, 7) is 7.69. The molecule has 1 aliphatic rings. The Kier molecular flexibility index (Phi) is 4.82. The van der Waals surface area contributed by atoms with Gasteiger partial charge >= 0.3 is 12.0 Å². The highest BCUT2D eigenvalue weighted by molar-refractivity contribution is 5.86. The third kappa shape index (κ3) is 3.39. The minimum atomic E-state index is -1.15. The minimum absolute atomic E-state index is 0.0510. The molecule has 3 N–H and O–H groups in total. The maximum atomic E-state index is 12.1. The Hall–Kier alpha value is -1.26. The van der Waals surface area contributed by atoms with Crippen LogP contribution >= 0.6 is 0 Å². The van der Waals surface area contributed by atoms with Gasteiger partial charge in [0.25, 0.3) is 0 Å². The molecule has 5 nitrogen and oxygen atoms in total. The van der Waals surface area contributed by atoms with Crippen LogP contribution in [0.1, 0.15) is 59.8 Å². The number of carbonyl (C=O) groups is 2. The number of aliphatic carboxylic acids is 1. The van der Waals surface area contributed by atoms with Crippen LogP contribution in [0.25, 0.3) is 0 Å². The second-order valence-electron chi connectivity index (χ2n) is 5.70. The molecule has 19 heavy (non-hydrogen) atoms. The van der Waals surface area contributed by atoms with Crippen molar-refractivity contribution in [3.63, 3.8) is 0 Å². The lowest BCUT2D eigenvalue weighted by atomic mass is 9.90. The van der Waals surface area contributed by atoms with Gasteiger partial charge in [-0.2, -0.15) is 0 Å². The highest BCUT2D eigenvalue weighted by Gasteiger charge is 2.49. The first kappa shape index (κ1) is 15.8. The van der Waals surface area contributed by atoms with Gasteiger partial charge in [-0.05, 0) is 44.9 Å². The first-order chi connectivity index (χ1) is 8.83. The Balaban J connectivity index is 2.70. The molecule has 5 heteroatoms. The number of urea groups is 1. The summed E-state index contributed by atoms with van der Waals surface area (Å²) in [5, 5.41) is 14.9. The van der Waals surface area contributed by atoms with Crippen molar-refractivity contribution in [1.82, 2.24) is 10.6 Å². The van der Waals surface area contributed by atoms with E-state index in [1.807, 2.05) is 20.8 Å². The molecule has 0 aliphatic heterocycles. The highest BCUT2D eigenvalue weighted by atomic mass is 16.4. The van der Waals surface area contributed by atoms with Crippen LogP contribution in [0, 0.1) is 5.92 Å². The quantitative estimate of drug-likeness (QED) is 0.665. The van der Waals surface area contributed by atoms with Crippen LogP contribution in [-0.4, -0.2) is 28.2 Å². The largest absolute Gasteiger partial charge is 0.480 e. The van der Waals surface area contributed by atoms with Crippen LogP contribution in [-0.2, 0) is 4.79 Å². The van der Waals surface area contributed by atoms with E-state index in [9.17, 15) is 14.7 Å². The molecule has 1 saturated carbocycles. The number of rotatable bonds is 7. The van der Waals surface area contributed by atoms with Crippen LogP contribution in [0.4, 0.5) is 4.79 Å². The van der Waals surface area contributed by atoms with E-state index in [2.05, 4.69) is 10.6 Å². The molecule has 1 rings (SSSR count). The Morgan fingerprint density at radius 2 is 1.58 bits per heavy atom. The van der Waals surface area contributed by atoms with Gasteiger partial charge in [0.2, 0.25) is 0 Å². The summed E-state index contributed by atoms with van der Waals surface area (Å²) in [6.07, 6.45) is 4.23. The van der Waals surface area contributed by atoms with Crippen LogP contribution in [0.2, 0.25) is 0 Å². The van der Waals surface area contributed by atoms with Crippen molar-refractivity contribution in [2.75, 3.05) is 0 Å². The highest BCUT2D eigenvalue weighted by Crippen LogP contribution is 2.39. The predicted octanol–water partition coefficient (Wildman–Crippen LogP) is 2.51. The van der Waals surface area contributed by atoms with Gasteiger partial charge in [-0.15, -0.1) is 0 Å². The molecule has 0 radical (unpaired) electrons. The monoisotopic (exact) mass is 270 g/mol. The SMILES string of the molecule is CCC(CC)(CC)NC(=O)NC(C)(C(=O)O)C1CC1. The van der Waals surface area contributed by atoms with Crippen LogP contribution in [0.5, 0.6) is 0 Å². The summed E-state index contributed by atoms with van der Waals surface area (Å²) in [5.41, 5.74) is -1.39. The molecule has 2 amide bonds. The van der Waals surface area contributed by atoms with E-state index in [-0.39, 0.29) is 17.5 Å². The lowest BCUT2D eigenvalue weighted by Crippen LogP contribution is -2.60. The standard InChI is InChI=1S/C14H26N2O3/c1-5-14(6-2,7-3)16-12(19)15-13(4,11(17)18)10-8-9-10/h10H,5-9H2,1-4H3,(H,17,18)(H2,15,16,19). The minimum Gasteiger partial charge on any atom is -0.480 e. The summed E-state index contributed by atoms with van der Waals surface area (Å²) in [7, 11) is 0. The zero-order chi connectivity index (χ0) is 14.7. The van der Waals surface area contributed by atoms with Gasteiger partial charge in [0.05, 0.1) is 0 Å². The second-order valence-corrected chi connectivity index (χ2v) is 5.70. The Morgan fingerprint density at radius 3 is 1.89 bits per heavy atom. The van der Waals surface area contributed by atoms with Gasteiger partial charge in [-0.1, -0.05) is 20.8 Å². The van der Waals surface area contributed by atoms with Crippen molar-refractivity contribution in [3.05, 3.63) is 0 Å². The first-order valence-electron chi connectivity index (χ1n) is 7.17. The zero-order valence-corrected chi connectivity index (χ0v) is 12.4. The van der Waals surface area contributed by atoms with Crippen LogP contribution in [0.15, 0.2) is 0 Å². The van der Waals surface area contributed by atoms with Gasteiger partial charge in [0, 0.05) is 5.54 Å². The number of carboxylic acid groups (broad SMARTS) is 1. The molecule has 110 valence electrons. The van der Waals surface area contributed by atoms with E-state index >= 15 is 0 Å². The fourth-order valence-electron chi connectivity index (χ4n) is 2.51. The molecule has 0 bridgehead atoms. The summed E-state index contributed by atoms with van der Waals surface area (Å²) >= 11 is 0. The lowest BCUT2D eigenvalue weighted by Gasteiger charge is -2.34. The van der Waals surface area contributed by atoms with Gasteiger partial charge < -0.3 is 15.7 Å². The van der Waals surface area contributed by atoms with Crippen molar-refractivity contribution in [2.24, 2.45) is 5.92 Å². The Morgan fingerprint density at radius 1 is 1.11 bits per heavy atom. The van der Waals surface area contributed by atoms with E-state index in [0.717, 1.165) is 32.1 Å². The average Bonchev–Trinajstić information content (AvgIpc) is 3.20. The van der Waals surface area contributed by atoms with Crippen molar-refractivity contribution in [1.29, 1.82) is 0 Å². The van der Waals surface area contributed by atoms with Crippen molar-refractivity contribution < 1.29 is 14.7 Å². The van der Waals surface area contributed by atoms with Crippen molar-refractivity contribution >= 4 is 12.0 Å². The molecular weight excluding hydrogens is 244 g/mol. The number of hydrogen-bond acceptors (Lipinski definition) is 2. The van der Waals surface area contributed by atoms with Gasteiger partial charge in [0.15, 0.2) is 0 Å². The van der Waals surface area contributed by atoms with E-state index in [0.29, 0.717) is 0 Å². The summed E-state index contributed by atoms with van der Waals surface area (Å²) in [4.78, 5) is 23.5. The Bertz CT molecular complexity index is 340. The average molecular weight is 270 g/mol. The molecule has 1 fully saturated rings. The molecule has 0 heterocycles. The number of carbonyl (C=O) groups excluding carboxylic acids is 1. The maximum absolute atomic E-state index is 12.1. The number of nitrogens with one attached hydrogen (secondary N) is 2. The van der Waals surface area contributed by atoms with E-state index in [4.69, 9.17) is 0 Å². The maximum Gasteiger partial charge on any atom is 0.329 e. The summed E-state index contributed by atoms with van der Waals surface area (Å²) in [5.74, 6) is -0.907. The number of amides is 2. The molecule has 0 aromatic carbocycles. The third-order valence-corrected chi connectivity index (χ3v) is 4.62. The lowest BCUT2D eigenvalue weighted by molar-refractivity contribution is -0.144. The van der Waals surface area contributed by atoms with E-state index < -0.39 is 11.5 Å². The normalized spacial score (nSPS) is 18.5. The fourth-order valence-corrected chi connectivity index (χ4v) is 2.51. The van der Waals surface area contributed by atoms with Crippen LogP contribution < -0.4 is 10.6 Å². The van der Waals surface area contributed by atoms with E-state index in [1.165, 1.54) is 0 Å². The second kappa shape index (κ2) is 5.80. The molecule has 1 aliphatic carbocycles. The molecular formula is C14H26N2O3. The number of carboxylic acids is 1. The fraction of sp³-hybridized carbons (Fsp3) is 0.857. The first-order valence-corrected chi connectivity index (χ1v) is 7.17. The molecule has 1 unspecified atom stereocenters. The Labute approximate surface area is 115 Å². The summed E-state index contributed by atoms with van der Waals surface area (Å²) in [6, 6.07) is -0.373. The van der Waals surface area contributed by atoms with Crippen molar-refractivity contribution in [2.45, 2.75) is 70.9 Å². The van der Waals surface area contributed by atoms with Gasteiger partial charge in [-0.3, -0.25) is 0 Å². The third-order valence-electron chi connectivity index (χ3n) is 4.62. The van der Waals surface area contributed by atoms with E-state index in [1.54, 1.807) is 6.92 Å².